The van der Waals surface area contributed by atoms with Gasteiger partial charge in [-0.15, -0.1) is 0 Å². The third-order valence-corrected chi connectivity index (χ3v) is 0.986. The SMILES string of the molecule is CCCC[N]=[AlH]. The van der Waals surface area contributed by atoms with E-state index < -0.39 is 0 Å². The second kappa shape index (κ2) is 5.33. The van der Waals surface area contributed by atoms with Crippen LogP contribution in [0.2, 0.25) is 0 Å². The van der Waals surface area contributed by atoms with Gasteiger partial charge in [-0.25, -0.2) is 0 Å². The van der Waals surface area contributed by atoms with Crippen molar-refractivity contribution in [3.05, 3.63) is 0 Å². The Kier molecular flexibility index (Phi) is 5.63. The van der Waals surface area contributed by atoms with Gasteiger partial charge in [0.1, 0.15) is 0 Å². The molecule has 0 spiro atoms. The zero-order chi connectivity index (χ0) is 4.83. The van der Waals surface area contributed by atoms with Crippen LogP contribution >= 0.6 is 0 Å². The van der Waals surface area contributed by atoms with Crippen LogP contribution in [0.4, 0.5) is 0 Å². The molecule has 0 aliphatic carbocycles. The molecule has 6 heavy (non-hydrogen) atoms. The van der Waals surface area contributed by atoms with Gasteiger partial charge in [0.15, 0.2) is 0 Å². The number of hydrogen-bond acceptors (Lipinski definition) is 1. The van der Waals surface area contributed by atoms with E-state index in [1.807, 2.05) is 0 Å². The van der Waals surface area contributed by atoms with E-state index in [0.717, 1.165) is 6.54 Å². The molecule has 0 rings (SSSR count). The van der Waals surface area contributed by atoms with Crippen LogP contribution in [-0.2, 0) is 0 Å². The zero-order valence-electron chi connectivity index (χ0n) is 4.28. The Bertz CT molecular complexity index is 36.5. The molecule has 2 heteroatoms. The van der Waals surface area contributed by atoms with Crippen molar-refractivity contribution >= 4 is 16.1 Å². The van der Waals surface area contributed by atoms with Gasteiger partial charge in [0.25, 0.3) is 0 Å². The van der Waals surface area contributed by atoms with Gasteiger partial charge in [0.2, 0.25) is 0 Å². The van der Waals surface area contributed by atoms with E-state index in [2.05, 4.69) is 10.9 Å². The number of unbranched alkanes of at least 4 members (excludes halogenated alkanes) is 1. The van der Waals surface area contributed by atoms with Crippen LogP contribution in [0.3, 0.4) is 0 Å². The van der Waals surface area contributed by atoms with Crippen LogP contribution in [0.1, 0.15) is 19.8 Å². The van der Waals surface area contributed by atoms with Crippen LogP contribution in [-0.4, -0.2) is 22.6 Å². The maximum absolute atomic E-state index is 3.95. The summed E-state index contributed by atoms with van der Waals surface area (Å²) in [5.74, 6) is 0. The Morgan fingerprint density at radius 3 is 2.50 bits per heavy atom. The summed E-state index contributed by atoms with van der Waals surface area (Å²) in [4.78, 5) is 0. The topological polar surface area (TPSA) is 12.4 Å². The molecule has 0 aliphatic rings. The van der Waals surface area contributed by atoms with E-state index in [9.17, 15) is 0 Å². The fraction of sp³-hybridized carbons (Fsp3) is 1.00. The molecule has 0 saturated carbocycles. The molecule has 0 amide bonds. The van der Waals surface area contributed by atoms with Crippen molar-refractivity contribution < 1.29 is 0 Å². The predicted octanol–water partition coefficient (Wildman–Crippen LogP) is 0.871. The zero-order valence-corrected chi connectivity index (χ0v) is 5.69. The summed E-state index contributed by atoms with van der Waals surface area (Å²) in [7, 11) is 0. The van der Waals surface area contributed by atoms with E-state index in [1.165, 1.54) is 12.8 Å². The normalized spacial score (nSPS) is 8.00. The fourth-order valence-corrected chi connectivity index (χ4v) is 0.494. The summed E-state index contributed by atoms with van der Waals surface area (Å²) in [6.45, 7) is 3.23. The summed E-state index contributed by atoms with van der Waals surface area (Å²) >= 11 is 1.69. The number of hydrogen-bond donors (Lipinski definition) is 0. The number of nitrogens with zero attached hydrogens (tertiary/aromatic N) is 1. The first kappa shape index (κ1) is 6.33. The predicted molar refractivity (Wildman–Crippen MR) is 29.4 cm³/mol. The quantitative estimate of drug-likeness (QED) is 0.367. The summed E-state index contributed by atoms with van der Waals surface area (Å²) in [6.07, 6.45) is 2.52. The summed E-state index contributed by atoms with van der Waals surface area (Å²) < 4.78 is 3.95. The molecule has 0 aromatic heterocycles. The summed E-state index contributed by atoms with van der Waals surface area (Å²) in [6, 6.07) is 0. The molecule has 0 aliphatic heterocycles. The van der Waals surface area contributed by atoms with Gasteiger partial charge in [-0.1, -0.05) is 0 Å². The molecule has 34 valence electrons. The van der Waals surface area contributed by atoms with Crippen molar-refractivity contribution in [2.75, 3.05) is 6.54 Å². The molecular weight excluding hydrogens is 89.0 g/mol. The molecule has 0 saturated heterocycles. The fourth-order valence-electron chi connectivity index (χ4n) is 0.270. The molecule has 1 nitrogen and oxygen atoms in total. The van der Waals surface area contributed by atoms with E-state index >= 15 is 0 Å². The Morgan fingerprint density at radius 1 is 1.67 bits per heavy atom. The summed E-state index contributed by atoms with van der Waals surface area (Å²) in [5, 5.41) is 0. The van der Waals surface area contributed by atoms with E-state index in [1.54, 1.807) is 16.1 Å². The van der Waals surface area contributed by atoms with Gasteiger partial charge in [-0.3, -0.25) is 0 Å². The molecule has 0 fully saturated rings. The average Bonchev–Trinajstić information content (AvgIpc) is 1.61. The molecule has 0 unspecified atom stereocenters. The summed E-state index contributed by atoms with van der Waals surface area (Å²) in [5.41, 5.74) is 0. The molecule has 0 bridgehead atoms. The van der Waals surface area contributed by atoms with Gasteiger partial charge in [-0.05, 0) is 0 Å². The molecule has 0 heterocycles. The van der Waals surface area contributed by atoms with Gasteiger partial charge < -0.3 is 0 Å². The minimum atomic E-state index is 1.05. The second-order valence-corrected chi connectivity index (χ2v) is 1.75. The second-order valence-electron chi connectivity index (χ2n) is 1.30. The van der Waals surface area contributed by atoms with Crippen molar-refractivity contribution in [3.8, 4) is 0 Å². The van der Waals surface area contributed by atoms with Crippen LogP contribution in [0, 0.1) is 0 Å². The first-order valence-electron chi connectivity index (χ1n) is 2.34. The van der Waals surface area contributed by atoms with Crippen LogP contribution in [0.25, 0.3) is 0 Å². The maximum atomic E-state index is 3.95. The Balaban J connectivity index is 2.49. The van der Waals surface area contributed by atoms with Gasteiger partial charge in [0, 0.05) is 0 Å². The van der Waals surface area contributed by atoms with Gasteiger partial charge in [-0.2, -0.15) is 0 Å². The first-order chi connectivity index (χ1) is 2.91. The van der Waals surface area contributed by atoms with Crippen molar-refractivity contribution in [3.63, 3.8) is 0 Å². The molecule has 0 atom stereocenters. The van der Waals surface area contributed by atoms with Gasteiger partial charge >= 0.3 is 46.3 Å². The van der Waals surface area contributed by atoms with E-state index in [0.29, 0.717) is 0 Å². The van der Waals surface area contributed by atoms with Crippen molar-refractivity contribution in [2.24, 2.45) is 3.93 Å². The Morgan fingerprint density at radius 2 is 2.33 bits per heavy atom. The van der Waals surface area contributed by atoms with E-state index in [-0.39, 0.29) is 0 Å². The van der Waals surface area contributed by atoms with Crippen LogP contribution in [0.15, 0.2) is 3.93 Å². The van der Waals surface area contributed by atoms with Crippen LogP contribution < -0.4 is 0 Å². The van der Waals surface area contributed by atoms with Gasteiger partial charge in [0.05, 0.1) is 0 Å². The Labute approximate surface area is 47.0 Å². The Hall–Kier alpha value is 0.332. The third-order valence-electron chi connectivity index (χ3n) is 0.670. The molecule has 0 aromatic carbocycles. The minimum absolute atomic E-state index is 1.05. The molecular formula is C4H10AlN. The van der Waals surface area contributed by atoms with Crippen LogP contribution in [0.5, 0.6) is 0 Å². The molecule has 0 aromatic rings. The van der Waals surface area contributed by atoms with Crippen molar-refractivity contribution in [2.45, 2.75) is 19.8 Å². The molecule has 0 N–H and O–H groups in total. The number of rotatable bonds is 3. The monoisotopic (exact) mass is 99.1 g/mol. The third kappa shape index (κ3) is 4.33. The molecule has 0 radical (unpaired) electrons. The van der Waals surface area contributed by atoms with Crippen molar-refractivity contribution in [1.29, 1.82) is 0 Å². The average molecular weight is 99.1 g/mol. The van der Waals surface area contributed by atoms with E-state index in [4.69, 9.17) is 0 Å². The first-order valence-corrected chi connectivity index (χ1v) is 2.97. The van der Waals surface area contributed by atoms with Crippen molar-refractivity contribution in [1.82, 2.24) is 0 Å². The standard InChI is InChI=1S/C4H9N.Al.H/c1-2-3-4-5;;/h2-4H2,1H3;;.